The number of likely N-dealkylation sites (N-methyl/N-ethyl adjacent to an activating group) is 1. The van der Waals surface area contributed by atoms with Crippen molar-refractivity contribution in [3.63, 3.8) is 0 Å². The van der Waals surface area contributed by atoms with E-state index in [4.69, 9.17) is 4.42 Å². The standard InChI is InChI=1S/C15H26N2O/c1-2-16-11-10-15-17-12-14(18-15)13-8-6-4-3-5-7-9-13/h12-13,16H,2-11H2,1H3. The second-order valence-electron chi connectivity index (χ2n) is 5.30. The summed E-state index contributed by atoms with van der Waals surface area (Å²) in [6, 6.07) is 0. The van der Waals surface area contributed by atoms with Gasteiger partial charge in [0.1, 0.15) is 5.76 Å². The van der Waals surface area contributed by atoms with E-state index in [1.165, 1.54) is 44.9 Å². The highest BCUT2D eigenvalue weighted by Gasteiger charge is 2.17. The number of nitrogens with one attached hydrogen (secondary N) is 1. The van der Waals surface area contributed by atoms with Crippen LogP contribution in [0.5, 0.6) is 0 Å². The maximum atomic E-state index is 5.91. The number of hydrogen-bond acceptors (Lipinski definition) is 3. The summed E-state index contributed by atoms with van der Waals surface area (Å²) in [6.45, 7) is 4.09. The summed E-state index contributed by atoms with van der Waals surface area (Å²) < 4.78 is 5.91. The van der Waals surface area contributed by atoms with E-state index in [0.29, 0.717) is 5.92 Å². The van der Waals surface area contributed by atoms with E-state index in [1.54, 1.807) is 0 Å². The van der Waals surface area contributed by atoms with Crippen molar-refractivity contribution in [3.8, 4) is 0 Å². The Morgan fingerprint density at radius 2 is 1.94 bits per heavy atom. The first-order valence-corrected chi connectivity index (χ1v) is 7.55. The van der Waals surface area contributed by atoms with Gasteiger partial charge in [0, 0.05) is 18.9 Å². The predicted octanol–water partition coefficient (Wildman–Crippen LogP) is 3.65. The van der Waals surface area contributed by atoms with Gasteiger partial charge in [-0.2, -0.15) is 0 Å². The average molecular weight is 250 g/mol. The second-order valence-corrected chi connectivity index (χ2v) is 5.30. The van der Waals surface area contributed by atoms with Gasteiger partial charge >= 0.3 is 0 Å². The minimum atomic E-state index is 0.616. The molecule has 0 radical (unpaired) electrons. The minimum Gasteiger partial charge on any atom is -0.445 e. The van der Waals surface area contributed by atoms with E-state index in [-0.39, 0.29) is 0 Å². The van der Waals surface area contributed by atoms with Gasteiger partial charge in [-0.1, -0.05) is 39.0 Å². The molecule has 1 fully saturated rings. The molecule has 3 heteroatoms. The summed E-state index contributed by atoms with van der Waals surface area (Å²) in [5, 5.41) is 3.30. The van der Waals surface area contributed by atoms with Crippen molar-refractivity contribution in [1.29, 1.82) is 0 Å². The first kappa shape index (κ1) is 13.6. The molecule has 1 aliphatic carbocycles. The molecule has 1 aromatic rings. The van der Waals surface area contributed by atoms with Crippen molar-refractivity contribution >= 4 is 0 Å². The Balaban J connectivity index is 1.86. The number of rotatable bonds is 5. The van der Waals surface area contributed by atoms with E-state index >= 15 is 0 Å². The molecule has 18 heavy (non-hydrogen) atoms. The summed E-state index contributed by atoms with van der Waals surface area (Å²) in [4.78, 5) is 4.41. The van der Waals surface area contributed by atoms with Gasteiger partial charge in [-0.15, -0.1) is 0 Å². The van der Waals surface area contributed by atoms with Crippen LogP contribution < -0.4 is 5.32 Å². The van der Waals surface area contributed by atoms with Crippen LogP contribution in [0.3, 0.4) is 0 Å². The molecule has 3 nitrogen and oxygen atoms in total. The zero-order chi connectivity index (χ0) is 12.6. The highest BCUT2D eigenvalue weighted by Crippen LogP contribution is 2.31. The SMILES string of the molecule is CCNCCc1ncc(C2CCCCCCC2)o1. The first-order chi connectivity index (χ1) is 8.90. The van der Waals surface area contributed by atoms with Crippen molar-refractivity contribution in [2.24, 2.45) is 0 Å². The lowest BCUT2D eigenvalue weighted by molar-refractivity contribution is 0.370. The fourth-order valence-electron chi connectivity index (χ4n) is 2.74. The van der Waals surface area contributed by atoms with Crippen LogP contribution in [0, 0.1) is 0 Å². The second kappa shape index (κ2) is 7.57. The molecule has 1 N–H and O–H groups in total. The Bertz CT molecular complexity index is 327. The summed E-state index contributed by atoms with van der Waals surface area (Å²) in [7, 11) is 0. The van der Waals surface area contributed by atoms with Crippen molar-refractivity contribution in [2.45, 2.75) is 64.2 Å². The highest BCUT2D eigenvalue weighted by molar-refractivity contribution is 5.02. The van der Waals surface area contributed by atoms with Gasteiger partial charge in [0.25, 0.3) is 0 Å². The number of aromatic nitrogens is 1. The fraction of sp³-hybridized carbons (Fsp3) is 0.800. The summed E-state index contributed by atoms with van der Waals surface area (Å²) in [5.74, 6) is 2.64. The molecule has 2 rings (SSSR count). The maximum absolute atomic E-state index is 5.91. The van der Waals surface area contributed by atoms with Crippen LogP contribution in [0.25, 0.3) is 0 Å². The normalized spacial score (nSPS) is 18.5. The Morgan fingerprint density at radius 1 is 1.22 bits per heavy atom. The molecule has 1 aliphatic rings. The van der Waals surface area contributed by atoms with E-state index < -0.39 is 0 Å². The van der Waals surface area contributed by atoms with Gasteiger partial charge in [0.2, 0.25) is 0 Å². The lowest BCUT2D eigenvalue weighted by Gasteiger charge is -2.16. The van der Waals surface area contributed by atoms with Gasteiger partial charge in [0.05, 0.1) is 6.20 Å². The van der Waals surface area contributed by atoms with Crippen LogP contribution >= 0.6 is 0 Å². The maximum Gasteiger partial charge on any atom is 0.195 e. The first-order valence-electron chi connectivity index (χ1n) is 7.55. The summed E-state index contributed by atoms with van der Waals surface area (Å²) in [6.07, 6.45) is 12.3. The predicted molar refractivity (Wildman–Crippen MR) is 73.8 cm³/mol. The van der Waals surface area contributed by atoms with Crippen LogP contribution in [-0.4, -0.2) is 18.1 Å². The van der Waals surface area contributed by atoms with Crippen molar-refractivity contribution in [1.82, 2.24) is 10.3 Å². The molecule has 0 atom stereocenters. The molecular weight excluding hydrogens is 224 g/mol. The highest BCUT2D eigenvalue weighted by atomic mass is 16.4. The molecule has 0 aromatic carbocycles. The van der Waals surface area contributed by atoms with Gasteiger partial charge in [0.15, 0.2) is 5.89 Å². The van der Waals surface area contributed by atoms with Crippen molar-refractivity contribution in [2.75, 3.05) is 13.1 Å². The number of oxazole rings is 1. The minimum absolute atomic E-state index is 0.616. The third-order valence-corrected chi connectivity index (χ3v) is 3.84. The van der Waals surface area contributed by atoms with Crippen molar-refractivity contribution < 1.29 is 4.42 Å². The Morgan fingerprint density at radius 3 is 2.67 bits per heavy atom. The molecule has 1 saturated carbocycles. The van der Waals surface area contributed by atoms with E-state index in [1.807, 2.05) is 6.20 Å². The Labute approximate surface area is 110 Å². The third kappa shape index (κ3) is 4.13. The Hall–Kier alpha value is -0.830. The van der Waals surface area contributed by atoms with Gasteiger partial charge < -0.3 is 9.73 Å². The monoisotopic (exact) mass is 250 g/mol. The van der Waals surface area contributed by atoms with Crippen LogP contribution in [-0.2, 0) is 6.42 Å². The molecule has 0 spiro atoms. The molecule has 1 aromatic heterocycles. The largest absolute Gasteiger partial charge is 0.445 e. The molecule has 0 amide bonds. The number of hydrogen-bond donors (Lipinski definition) is 1. The van der Waals surface area contributed by atoms with Crippen LogP contribution in [0.2, 0.25) is 0 Å². The van der Waals surface area contributed by atoms with Gasteiger partial charge in [-0.05, 0) is 19.4 Å². The van der Waals surface area contributed by atoms with Crippen LogP contribution in [0.4, 0.5) is 0 Å². The van der Waals surface area contributed by atoms with Crippen LogP contribution in [0.1, 0.15) is 69.4 Å². The molecule has 1 heterocycles. The van der Waals surface area contributed by atoms with Crippen molar-refractivity contribution in [3.05, 3.63) is 17.8 Å². The molecular formula is C15H26N2O. The zero-order valence-corrected chi connectivity index (χ0v) is 11.6. The van der Waals surface area contributed by atoms with E-state index in [0.717, 1.165) is 31.2 Å². The third-order valence-electron chi connectivity index (χ3n) is 3.84. The molecule has 0 unspecified atom stereocenters. The van der Waals surface area contributed by atoms with Gasteiger partial charge in [-0.3, -0.25) is 0 Å². The molecule has 102 valence electrons. The van der Waals surface area contributed by atoms with Gasteiger partial charge in [-0.25, -0.2) is 4.98 Å². The summed E-state index contributed by atoms with van der Waals surface area (Å²) >= 11 is 0. The quantitative estimate of drug-likeness (QED) is 0.811. The molecule has 0 bridgehead atoms. The zero-order valence-electron chi connectivity index (χ0n) is 11.6. The summed E-state index contributed by atoms with van der Waals surface area (Å²) in [5.41, 5.74) is 0. The Kier molecular flexibility index (Phi) is 5.72. The topological polar surface area (TPSA) is 38.1 Å². The lowest BCUT2D eigenvalue weighted by atomic mass is 9.90. The van der Waals surface area contributed by atoms with Crippen LogP contribution in [0.15, 0.2) is 10.6 Å². The molecule has 0 saturated heterocycles. The van der Waals surface area contributed by atoms with E-state index in [9.17, 15) is 0 Å². The smallest absolute Gasteiger partial charge is 0.195 e. The number of nitrogens with zero attached hydrogens (tertiary/aromatic N) is 1. The lowest BCUT2D eigenvalue weighted by Crippen LogP contribution is -2.16. The van der Waals surface area contributed by atoms with E-state index in [2.05, 4.69) is 17.2 Å². The fourth-order valence-corrected chi connectivity index (χ4v) is 2.74. The average Bonchev–Trinajstić information content (AvgIpc) is 2.78. The molecule has 0 aliphatic heterocycles.